The third-order valence-electron chi connectivity index (χ3n) is 5.68. The van der Waals surface area contributed by atoms with Gasteiger partial charge in [0, 0.05) is 11.8 Å². The third kappa shape index (κ3) is 5.34. The molecule has 3 aromatic rings. The van der Waals surface area contributed by atoms with E-state index in [2.05, 4.69) is 10.6 Å². The quantitative estimate of drug-likeness (QED) is 0.336. The van der Waals surface area contributed by atoms with Gasteiger partial charge in [0.15, 0.2) is 29.6 Å². The van der Waals surface area contributed by atoms with Crippen LogP contribution < -0.4 is 34.5 Å². The molecule has 2 aliphatic heterocycles. The minimum absolute atomic E-state index is 0.0164. The minimum Gasteiger partial charge on any atom is -0.493 e. The van der Waals surface area contributed by atoms with Gasteiger partial charge in [-0.25, -0.2) is 9.69 Å². The first-order valence-corrected chi connectivity index (χ1v) is 11.9. The van der Waals surface area contributed by atoms with Crippen molar-refractivity contribution >= 4 is 52.8 Å². The first-order chi connectivity index (χ1) is 18.8. The van der Waals surface area contributed by atoms with Crippen molar-refractivity contribution in [2.75, 3.05) is 30.7 Å². The number of nitrogens with zero attached hydrogens (tertiary/aromatic N) is 1. The second kappa shape index (κ2) is 10.8. The number of urea groups is 1. The van der Waals surface area contributed by atoms with Crippen LogP contribution in [0, 0.1) is 0 Å². The van der Waals surface area contributed by atoms with E-state index < -0.39 is 23.8 Å². The Balaban J connectivity index is 1.37. The zero-order chi connectivity index (χ0) is 27.5. The number of halogens is 1. The van der Waals surface area contributed by atoms with Crippen molar-refractivity contribution in [3.8, 4) is 23.0 Å². The van der Waals surface area contributed by atoms with Crippen LogP contribution in [0.4, 0.5) is 16.2 Å². The molecule has 198 valence electrons. The Morgan fingerprint density at radius 1 is 1.08 bits per heavy atom. The summed E-state index contributed by atoms with van der Waals surface area (Å²) in [7, 11) is 1.37. The van der Waals surface area contributed by atoms with Crippen LogP contribution in [-0.4, -0.2) is 44.3 Å². The summed E-state index contributed by atoms with van der Waals surface area (Å²) in [6, 6.07) is 15.4. The van der Waals surface area contributed by atoms with Crippen molar-refractivity contribution in [3.63, 3.8) is 0 Å². The molecule has 2 heterocycles. The predicted octanol–water partition coefficient (Wildman–Crippen LogP) is 3.76. The molecular weight excluding hydrogens is 530 g/mol. The van der Waals surface area contributed by atoms with Gasteiger partial charge in [-0.15, -0.1) is 0 Å². The van der Waals surface area contributed by atoms with E-state index in [4.69, 9.17) is 30.5 Å². The summed E-state index contributed by atoms with van der Waals surface area (Å²) in [5.74, 6) is -1.05. The van der Waals surface area contributed by atoms with Gasteiger partial charge in [-0.1, -0.05) is 29.8 Å². The van der Waals surface area contributed by atoms with E-state index in [1.165, 1.54) is 37.5 Å². The molecule has 5 rings (SSSR count). The second-order valence-corrected chi connectivity index (χ2v) is 8.64. The van der Waals surface area contributed by atoms with E-state index in [0.29, 0.717) is 22.7 Å². The Bertz CT molecular complexity index is 1520. The number of nitrogens with one attached hydrogen (secondary N) is 2. The maximum absolute atomic E-state index is 13.3. The lowest BCUT2D eigenvalue weighted by Gasteiger charge is -2.26. The maximum atomic E-state index is 13.3. The molecule has 0 aliphatic carbocycles. The number of carbonyl (C=O) groups is 4. The van der Waals surface area contributed by atoms with Gasteiger partial charge in [0.25, 0.3) is 17.7 Å². The fourth-order valence-corrected chi connectivity index (χ4v) is 4.18. The van der Waals surface area contributed by atoms with Crippen LogP contribution in [0.25, 0.3) is 6.08 Å². The number of imide groups is 2. The molecule has 3 aromatic carbocycles. The van der Waals surface area contributed by atoms with E-state index in [9.17, 15) is 19.2 Å². The molecule has 39 heavy (non-hydrogen) atoms. The number of methoxy groups -OCH3 is 1. The van der Waals surface area contributed by atoms with Gasteiger partial charge in [-0.2, -0.15) is 0 Å². The number of anilines is 2. The lowest BCUT2D eigenvalue weighted by atomic mass is 10.1. The SMILES string of the molecule is COc1cc(/C=C2\C(=O)NC(=O)N(c3ccc4c(c3)OCO4)C2=O)cc(Cl)c1OCC(=O)Nc1ccccc1. The smallest absolute Gasteiger partial charge is 0.335 e. The van der Waals surface area contributed by atoms with E-state index in [1.54, 1.807) is 30.3 Å². The molecule has 0 unspecified atom stereocenters. The largest absolute Gasteiger partial charge is 0.493 e. The monoisotopic (exact) mass is 549 g/mol. The Morgan fingerprint density at radius 2 is 1.85 bits per heavy atom. The van der Waals surface area contributed by atoms with Gasteiger partial charge in [0.05, 0.1) is 17.8 Å². The molecule has 2 N–H and O–H groups in total. The summed E-state index contributed by atoms with van der Waals surface area (Å²) in [6.07, 6.45) is 1.27. The second-order valence-electron chi connectivity index (χ2n) is 8.23. The molecule has 11 nitrogen and oxygen atoms in total. The Morgan fingerprint density at radius 3 is 2.62 bits per heavy atom. The van der Waals surface area contributed by atoms with Crippen LogP contribution in [0.1, 0.15) is 5.56 Å². The van der Waals surface area contributed by atoms with Gasteiger partial charge in [-0.05, 0) is 48.0 Å². The fourth-order valence-electron chi connectivity index (χ4n) is 3.90. The average Bonchev–Trinajstić information content (AvgIpc) is 3.39. The van der Waals surface area contributed by atoms with Gasteiger partial charge in [0.2, 0.25) is 6.79 Å². The minimum atomic E-state index is -0.908. The number of benzene rings is 3. The van der Waals surface area contributed by atoms with Crippen LogP contribution in [0.15, 0.2) is 66.2 Å². The zero-order valence-corrected chi connectivity index (χ0v) is 21.1. The molecule has 1 fully saturated rings. The summed E-state index contributed by atoms with van der Waals surface area (Å²) >= 11 is 6.41. The van der Waals surface area contributed by atoms with Crippen molar-refractivity contribution in [2.24, 2.45) is 0 Å². The lowest BCUT2D eigenvalue weighted by molar-refractivity contribution is -0.122. The summed E-state index contributed by atoms with van der Waals surface area (Å²) in [6.45, 7) is -0.332. The third-order valence-corrected chi connectivity index (χ3v) is 5.96. The zero-order valence-electron chi connectivity index (χ0n) is 20.4. The molecule has 0 aromatic heterocycles. The highest BCUT2D eigenvalue weighted by Crippen LogP contribution is 2.38. The standard InChI is InChI=1S/C27H20ClN3O8/c1-36-22-11-15(10-19(28)24(22)37-13-23(32)29-16-5-3-2-4-6-16)9-18-25(33)30-27(35)31(26(18)34)17-7-8-20-21(12-17)39-14-38-20/h2-12H,13-14H2,1H3,(H,29,32)(H,30,33,35)/b18-9+. The Kier molecular flexibility index (Phi) is 7.06. The maximum Gasteiger partial charge on any atom is 0.335 e. The summed E-state index contributed by atoms with van der Waals surface area (Å²) in [5.41, 5.74) is 0.792. The summed E-state index contributed by atoms with van der Waals surface area (Å²) < 4.78 is 21.5. The number of rotatable bonds is 7. The van der Waals surface area contributed by atoms with Gasteiger partial charge in [-0.3, -0.25) is 19.7 Å². The van der Waals surface area contributed by atoms with Crippen molar-refractivity contribution in [3.05, 3.63) is 76.8 Å². The lowest BCUT2D eigenvalue weighted by Crippen LogP contribution is -2.54. The molecule has 12 heteroatoms. The van der Waals surface area contributed by atoms with E-state index in [-0.39, 0.29) is 41.2 Å². The molecule has 1 saturated heterocycles. The number of hydrogen-bond acceptors (Lipinski definition) is 8. The number of barbiturate groups is 1. The van der Waals surface area contributed by atoms with Gasteiger partial charge >= 0.3 is 6.03 Å². The molecule has 0 bridgehead atoms. The number of para-hydroxylation sites is 1. The van der Waals surface area contributed by atoms with Crippen molar-refractivity contribution in [2.45, 2.75) is 0 Å². The van der Waals surface area contributed by atoms with Crippen molar-refractivity contribution in [1.29, 1.82) is 0 Å². The molecule has 0 radical (unpaired) electrons. The number of fused-ring (bicyclic) bond motifs is 1. The predicted molar refractivity (Wildman–Crippen MR) is 140 cm³/mol. The van der Waals surface area contributed by atoms with Crippen LogP contribution in [0.3, 0.4) is 0 Å². The van der Waals surface area contributed by atoms with E-state index in [0.717, 1.165) is 4.90 Å². The molecular formula is C27H20ClN3O8. The molecule has 2 aliphatic rings. The molecule has 5 amide bonds. The highest BCUT2D eigenvalue weighted by Gasteiger charge is 2.37. The van der Waals surface area contributed by atoms with Gasteiger partial charge < -0.3 is 24.3 Å². The van der Waals surface area contributed by atoms with Crippen LogP contribution >= 0.6 is 11.6 Å². The normalized spacial score (nSPS) is 15.3. The molecule has 0 saturated carbocycles. The van der Waals surface area contributed by atoms with Gasteiger partial charge in [0.1, 0.15) is 5.57 Å². The van der Waals surface area contributed by atoms with E-state index >= 15 is 0 Å². The first kappa shape index (κ1) is 25.6. The van der Waals surface area contributed by atoms with Crippen LogP contribution in [0.5, 0.6) is 23.0 Å². The van der Waals surface area contributed by atoms with E-state index in [1.807, 2.05) is 6.07 Å². The number of ether oxygens (including phenoxy) is 4. The van der Waals surface area contributed by atoms with Crippen LogP contribution in [0.2, 0.25) is 5.02 Å². The highest BCUT2D eigenvalue weighted by molar-refractivity contribution is 6.39. The topological polar surface area (TPSA) is 133 Å². The number of carbonyl (C=O) groups excluding carboxylic acids is 4. The average molecular weight is 550 g/mol. The molecule has 0 spiro atoms. The highest BCUT2D eigenvalue weighted by atomic mass is 35.5. The van der Waals surface area contributed by atoms with Crippen molar-refractivity contribution < 1.29 is 38.1 Å². The first-order valence-electron chi connectivity index (χ1n) is 11.5. The summed E-state index contributed by atoms with van der Waals surface area (Å²) in [5, 5.41) is 4.92. The number of hydrogen-bond donors (Lipinski definition) is 2. The fraction of sp³-hybridized carbons (Fsp3) is 0.111. The number of amides is 5. The Labute approximate surface area is 226 Å². The van der Waals surface area contributed by atoms with Crippen LogP contribution in [-0.2, 0) is 14.4 Å². The molecule has 0 atom stereocenters. The van der Waals surface area contributed by atoms with Crippen molar-refractivity contribution in [1.82, 2.24) is 5.32 Å². The summed E-state index contributed by atoms with van der Waals surface area (Å²) in [4.78, 5) is 51.5. The Hall–Kier alpha value is -5.03.